The zero-order valence-corrected chi connectivity index (χ0v) is 9.05. The van der Waals surface area contributed by atoms with E-state index in [2.05, 4.69) is 12.3 Å². The molecule has 1 amide bonds. The predicted molar refractivity (Wildman–Crippen MR) is 63.7 cm³/mol. The van der Waals surface area contributed by atoms with Crippen molar-refractivity contribution in [2.75, 3.05) is 5.43 Å². The molecule has 4 heteroatoms. The van der Waals surface area contributed by atoms with Crippen LogP contribution < -0.4 is 5.43 Å². The molecule has 0 saturated carbocycles. The highest BCUT2D eigenvalue weighted by Crippen LogP contribution is 2.07. The summed E-state index contributed by atoms with van der Waals surface area (Å²) < 4.78 is 1.45. The molecule has 0 saturated heterocycles. The van der Waals surface area contributed by atoms with Gasteiger partial charge in [0.15, 0.2) is 0 Å². The average molecular weight is 224 g/mol. The molecule has 0 fully saturated rings. The van der Waals surface area contributed by atoms with Crippen molar-refractivity contribution in [2.24, 2.45) is 0 Å². The Labute approximate surface area is 99.1 Å². The van der Waals surface area contributed by atoms with Crippen molar-refractivity contribution in [3.8, 4) is 6.07 Å². The number of aromatic nitrogens is 1. The maximum Gasteiger partial charge on any atom is 0.270 e. The number of nitrogens with zero attached hydrogens (tertiary/aromatic N) is 2. The fraction of sp³-hybridized carbons (Fsp3) is 0. The van der Waals surface area contributed by atoms with E-state index in [9.17, 15) is 4.79 Å². The summed E-state index contributed by atoms with van der Waals surface area (Å²) in [5.74, 6) is -0.254. The van der Waals surface area contributed by atoms with Crippen LogP contribution in [0.5, 0.6) is 0 Å². The summed E-state index contributed by atoms with van der Waals surface area (Å²) in [6.45, 7) is 3.78. The Morgan fingerprint density at radius 1 is 1.35 bits per heavy atom. The minimum Gasteiger partial charge on any atom is -0.267 e. The van der Waals surface area contributed by atoms with Crippen LogP contribution in [0.1, 0.15) is 21.5 Å². The monoisotopic (exact) mass is 224 g/mol. The second-order valence-electron chi connectivity index (χ2n) is 3.52. The van der Waals surface area contributed by atoms with E-state index < -0.39 is 0 Å². The summed E-state index contributed by atoms with van der Waals surface area (Å²) in [5, 5.41) is 8.66. The van der Waals surface area contributed by atoms with Gasteiger partial charge in [-0.2, -0.15) is 5.26 Å². The molecule has 1 aromatic heterocycles. The number of hydrogen-bond acceptors (Lipinski definition) is 2. The SMILES string of the molecule is [CH2]c1ccccc1C(=O)Nn1ccc(C#N)c1. The number of carbonyl (C=O) groups excluding carboxylic acids is 1. The molecule has 0 spiro atoms. The van der Waals surface area contributed by atoms with Crippen molar-refractivity contribution < 1.29 is 4.79 Å². The highest BCUT2D eigenvalue weighted by Gasteiger charge is 2.08. The van der Waals surface area contributed by atoms with Gasteiger partial charge in [-0.15, -0.1) is 0 Å². The van der Waals surface area contributed by atoms with Gasteiger partial charge in [-0.25, -0.2) is 0 Å². The van der Waals surface area contributed by atoms with Gasteiger partial charge in [-0.3, -0.25) is 14.9 Å². The van der Waals surface area contributed by atoms with Crippen LogP contribution in [0.25, 0.3) is 0 Å². The van der Waals surface area contributed by atoms with Gasteiger partial charge in [0.1, 0.15) is 6.07 Å². The lowest BCUT2D eigenvalue weighted by molar-refractivity contribution is 0.101. The summed E-state index contributed by atoms with van der Waals surface area (Å²) in [7, 11) is 0. The van der Waals surface area contributed by atoms with Crippen molar-refractivity contribution in [3.05, 3.63) is 66.3 Å². The number of benzene rings is 1. The minimum atomic E-state index is -0.254. The van der Waals surface area contributed by atoms with Gasteiger partial charge in [0, 0.05) is 18.0 Å². The van der Waals surface area contributed by atoms with Crippen LogP contribution in [0.4, 0.5) is 0 Å². The Kier molecular flexibility index (Phi) is 2.93. The zero-order valence-electron chi connectivity index (χ0n) is 9.05. The van der Waals surface area contributed by atoms with Crippen molar-refractivity contribution >= 4 is 5.91 Å². The van der Waals surface area contributed by atoms with Crippen LogP contribution in [0, 0.1) is 18.3 Å². The molecule has 0 aliphatic rings. The molecule has 1 N–H and O–H groups in total. The zero-order chi connectivity index (χ0) is 12.3. The largest absolute Gasteiger partial charge is 0.270 e. The number of hydrogen-bond donors (Lipinski definition) is 1. The summed E-state index contributed by atoms with van der Waals surface area (Å²) >= 11 is 0. The maximum absolute atomic E-state index is 11.9. The third-order valence-corrected chi connectivity index (χ3v) is 2.31. The first-order chi connectivity index (χ1) is 8.20. The fourth-order valence-corrected chi connectivity index (χ4v) is 1.45. The van der Waals surface area contributed by atoms with Gasteiger partial charge >= 0.3 is 0 Å². The van der Waals surface area contributed by atoms with Crippen molar-refractivity contribution in [1.82, 2.24) is 4.68 Å². The topological polar surface area (TPSA) is 57.8 Å². The number of nitrogens with one attached hydrogen (secondary N) is 1. The van der Waals surface area contributed by atoms with E-state index in [0.29, 0.717) is 16.7 Å². The predicted octanol–water partition coefficient (Wildman–Crippen LogP) is 1.93. The third-order valence-electron chi connectivity index (χ3n) is 2.31. The van der Waals surface area contributed by atoms with Gasteiger partial charge in [-0.1, -0.05) is 18.2 Å². The normalized spacial score (nSPS) is 9.65. The van der Waals surface area contributed by atoms with Crippen LogP contribution in [0.15, 0.2) is 42.7 Å². The maximum atomic E-state index is 11.9. The van der Waals surface area contributed by atoms with E-state index in [4.69, 9.17) is 5.26 Å². The summed E-state index contributed by atoms with van der Waals surface area (Å²) in [4.78, 5) is 11.9. The average Bonchev–Trinajstić information content (AvgIpc) is 2.77. The Morgan fingerprint density at radius 3 is 2.76 bits per heavy atom. The highest BCUT2D eigenvalue weighted by atomic mass is 16.2. The lowest BCUT2D eigenvalue weighted by Gasteiger charge is -2.07. The van der Waals surface area contributed by atoms with E-state index in [1.807, 2.05) is 12.1 Å². The molecule has 0 unspecified atom stereocenters. The number of amides is 1. The smallest absolute Gasteiger partial charge is 0.267 e. The molecule has 1 radical (unpaired) electrons. The highest BCUT2D eigenvalue weighted by molar-refractivity contribution is 6.01. The lowest BCUT2D eigenvalue weighted by atomic mass is 10.1. The second-order valence-corrected chi connectivity index (χ2v) is 3.52. The molecule has 17 heavy (non-hydrogen) atoms. The fourth-order valence-electron chi connectivity index (χ4n) is 1.45. The van der Waals surface area contributed by atoms with E-state index in [1.54, 1.807) is 36.7 Å². The molecule has 1 heterocycles. The molecule has 2 aromatic rings. The van der Waals surface area contributed by atoms with Crippen molar-refractivity contribution in [1.29, 1.82) is 5.26 Å². The standard InChI is InChI=1S/C13H10N3O/c1-10-4-2-3-5-12(10)13(17)15-16-7-6-11(8-14)9-16/h2-7,9H,1H2,(H,15,17). The van der Waals surface area contributed by atoms with Crippen LogP contribution >= 0.6 is 0 Å². The van der Waals surface area contributed by atoms with E-state index in [1.165, 1.54) is 4.68 Å². The van der Waals surface area contributed by atoms with Gasteiger partial charge in [0.05, 0.1) is 5.56 Å². The first-order valence-corrected chi connectivity index (χ1v) is 5.01. The second kappa shape index (κ2) is 4.54. The molecule has 1 aromatic carbocycles. The van der Waals surface area contributed by atoms with E-state index in [0.717, 1.165) is 0 Å². The minimum absolute atomic E-state index is 0.254. The lowest BCUT2D eigenvalue weighted by Crippen LogP contribution is -2.22. The van der Waals surface area contributed by atoms with Crippen molar-refractivity contribution in [3.63, 3.8) is 0 Å². The Morgan fingerprint density at radius 2 is 2.12 bits per heavy atom. The Balaban J connectivity index is 2.18. The number of nitriles is 1. The molecule has 0 aliphatic carbocycles. The summed E-state index contributed by atoms with van der Waals surface area (Å²) in [6.07, 6.45) is 3.16. The van der Waals surface area contributed by atoms with Crippen LogP contribution in [-0.4, -0.2) is 10.6 Å². The van der Waals surface area contributed by atoms with Crippen LogP contribution in [-0.2, 0) is 0 Å². The molecule has 4 nitrogen and oxygen atoms in total. The molecule has 0 bridgehead atoms. The number of rotatable bonds is 2. The molecule has 2 rings (SSSR count). The van der Waals surface area contributed by atoms with Gasteiger partial charge in [0.25, 0.3) is 5.91 Å². The van der Waals surface area contributed by atoms with Crippen LogP contribution in [0.2, 0.25) is 0 Å². The van der Waals surface area contributed by atoms with Gasteiger partial charge < -0.3 is 0 Å². The van der Waals surface area contributed by atoms with Gasteiger partial charge in [-0.05, 0) is 24.6 Å². The third kappa shape index (κ3) is 2.34. The Hall–Kier alpha value is -2.54. The summed E-state index contributed by atoms with van der Waals surface area (Å²) in [6, 6.07) is 10.7. The van der Waals surface area contributed by atoms with Crippen LogP contribution in [0.3, 0.4) is 0 Å². The molecular formula is C13H10N3O. The van der Waals surface area contributed by atoms with E-state index in [-0.39, 0.29) is 5.91 Å². The summed E-state index contributed by atoms with van der Waals surface area (Å²) in [5.41, 5.74) is 4.31. The van der Waals surface area contributed by atoms with Gasteiger partial charge in [0.2, 0.25) is 0 Å². The molecular weight excluding hydrogens is 214 g/mol. The molecule has 83 valence electrons. The first-order valence-electron chi connectivity index (χ1n) is 5.01. The Bertz CT molecular complexity index is 593. The first kappa shape index (κ1) is 11.0. The quantitative estimate of drug-likeness (QED) is 0.847. The van der Waals surface area contributed by atoms with E-state index >= 15 is 0 Å². The van der Waals surface area contributed by atoms with Crippen molar-refractivity contribution in [2.45, 2.75) is 0 Å². The molecule has 0 aliphatic heterocycles. The molecule has 0 atom stereocenters. The number of carbonyl (C=O) groups is 1.